The first-order valence-corrected chi connectivity index (χ1v) is 4.53. The average Bonchev–Trinajstić information content (AvgIpc) is 1.88. The Bertz CT molecular complexity index is 145. The van der Waals surface area contributed by atoms with Crippen molar-refractivity contribution in [2.45, 2.75) is 2.70 Å². The Hall–Kier alpha value is 0.980. The molecular formula is C6H6Br2Cl3N. The molecule has 1 aromatic rings. The lowest BCUT2D eigenvalue weighted by atomic mass is 10.5. The molecular weight excluding hydrogens is 352 g/mol. The molecule has 1 nitrogen and oxygen atoms in total. The van der Waals surface area contributed by atoms with Crippen LogP contribution in [0.1, 0.15) is 0 Å². The van der Waals surface area contributed by atoms with Crippen LogP contribution in [0, 0.1) is 0 Å². The van der Waals surface area contributed by atoms with Gasteiger partial charge < -0.3 is 0 Å². The Morgan fingerprint density at radius 3 is 1.42 bits per heavy atom. The van der Waals surface area contributed by atoms with Crippen LogP contribution in [-0.4, -0.2) is 7.69 Å². The third-order valence-corrected chi connectivity index (χ3v) is 0.566. The SMILES string of the molecule is Br.ClC(Cl)(Cl)Br.c1ccncc1. The molecule has 0 aromatic carbocycles. The van der Waals surface area contributed by atoms with E-state index in [1.165, 1.54) is 0 Å². The molecule has 0 N–H and O–H groups in total. The van der Waals surface area contributed by atoms with E-state index >= 15 is 0 Å². The van der Waals surface area contributed by atoms with Crippen LogP contribution < -0.4 is 0 Å². The van der Waals surface area contributed by atoms with E-state index in [0.717, 1.165) is 0 Å². The molecule has 1 heterocycles. The van der Waals surface area contributed by atoms with Crippen molar-refractivity contribution in [1.82, 2.24) is 4.98 Å². The Morgan fingerprint density at radius 1 is 1.00 bits per heavy atom. The zero-order valence-corrected chi connectivity index (χ0v) is 11.3. The lowest BCUT2D eigenvalue weighted by molar-refractivity contribution is 1.33. The minimum Gasteiger partial charge on any atom is -0.265 e. The predicted octanol–water partition coefficient (Wildman–Crippen LogP) is 4.37. The summed E-state index contributed by atoms with van der Waals surface area (Å²) in [6, 6.07) is 5.72. The van der Waals surface area contributed by atoms with Crippen LogP contribution >= 0.6 is 67.7 Å². The molecule has 0 bridgehead atoms. The fraction of sp³-hybridized carbons (Fsp3) is 0.167. The summed E-state index contributed by atoms with van der Waals surface area (Å²) in [7, 11) is 0. The van der Waals surface area contributed by atoms with Gasteiger partial charge >= 0.3 is 0 Å². The number of hydrogen-bond donors (Lipinski definition) is 0. The minimum atomic E-state index is -1.27. The largest absolute Gasteiger partial charge is 0.265 e. The van der Waals surface area contributed by atoms with Gasteiger partial charge in [-0.2, -0.15) is 0 Å². The highest BCUT2D eigenvalue weighted by atomic mass is 79.9. The van der Waals surface area contributed by atoms with Gasteiger partial charge in [-0.3, -0.25) is 4.98 Å². The molecule has 0 aliphatic heterocycles. The van der Waals surface area contributed by atoms with Crippen molar-refractivity contribution >= 4 is 67.7 Å². The smallest absolute Gasteiger partial charge is 0.245 e. The van der Waals surface area contributed by atoms with Gasteiger partial charge in [-0.05, 0) is 28.1 Å². The van der Waals surface area contributed by atoms with Crippen LogP contribution in [0.5, 0.6) is 0 Å². The average molecular weight is 358 g/mol. The van der Waals surface area contributed by atoms with Gasteiger partial charge in [-0.25, -0.2) is 0 Å². The molecule has 6 heteroatoms. The van der Waals surface area contributed by atoms with Gasteiger partial charge in [0.15, 0.2) is 0 Å². The first-order chi connectivity index (χ1) is 5.00. The maximum atomic E-state index is 4.98. The monoisotopic (exact) mass is 355 g/mol. The molecule has 70 valence electrons. The number of alkyl halides is 4. The van der Waals surface area contributed by atoms with Gasteiger partial charge in [-0.15, -0.1) is 17.0 Å². The third kappa shape index (κ3) is 22.4. The molecule has 1 aromatic heterocycles. The van der Waals surface area contributed by atoms with Crippen LogP contribution in [0.3, 0.4) is 0 Å². The van der Waals surface area contributed by atoms with E-state index in [-0.39, 0.29) is 17.0 Å². The Balaban J connectivity index is 0. The molecule has 0 atom stereocenters. The second-order valence-electron chi connectivity index (χ2n) is 1.45. The predicted molar refractivity (Wildman–Crippen MR) is 63.8 cm³/mol. The molecule has 0 unspecified atom stereocenters. The molecule has 0 aliphatic rings. The summed E-state index contributed by atoms with van der Waals surface area (Å²) in [4.78, 5) is 3.78. The summed E-state index contributed by atoms with van der Waals surface area (Å²) in [5.74, 6) is 0. The number of aromatic nitrogens is 1. The summed E-state index contributed by atoms with van der Waals surface area (Å²) < 4.78 is -1.27. The van der Waals surface area contributed by atoms with Crippen molar-refractivity contribution < 1.29 is 0 Å². The van der Waals surface area contributed by atoms with Crippen molar-refractivity contribution in [2.75, 3.05) is 0 Å². The highest BCUT2D eigenvalue weighted by Gasteiger charge is 2.10. The maximum absolute atomic E-state index is 4.98. The van der Waals surface area contributed by atoms with Crippen molar-refractivity contribution in [3.05, 3.63) is 30.6 Å². The van der Waals surface area contributed by atoms with Crippen LogP contribution in [0.2, 0.25) is 0 Å². The van der Waals surface area contributed by atoms with Gasteiger partial charge in [0.05, 0.1) is 0 Å². The standard InChI is InChI=1S/C5H5N.CBrCl3.BrH/c1-2-4-6-5-3-1;2-1(3,4)5;/h1-5H;;1H. The van der Waals surface area contributed by atoms with E-state index < -0.39 is 2.70 Å². The molecule has 0 radical (unpaired) electrons. The second-order valence-corrected chi connectivity index (χ2v) is 6.29. The number of halogens is 5. The van der Waals surface area contributed by atoms with Crippen LogP contribution in [0.25, 0.3) is 0 Å². The maximum Gasteiger partial charge on any atom is 0.245 e. The highest BCUT2D eigenvalue weighted by molar-refractivity contribution is 9.11. The summed E-state index contributed by atoms with van der Waals surface area (Å²) in [5, 5.41) is 0. The van der Waals surface area contributed by atoms with E-state index in [1.54, 1.807) is 12.4 Å². The van der Waals surface area contributed by atoms with Gasteiger partial charge in [-0.1, -0.05) is 40.9 Å². The molecule has 1 rings (SSSR count). The number of rotatable bonds is 0. The molecule has 0 saturated heterocycles. The summed E-state index contributed by atoms with van der Waals surface area (Å²) in [5.41, 5.74) is 0. The van der Waals surface area contributed by atoms with E-state index in [0.29, 0.717) is 0 Å². The van der Waals surface area contributed by atoms with Gasteiger partial charge in [0, 0.05) is 12.4 Å². The number of nitrogens with zero attached hydrogens (tertiary/aromatic N) is 1. The van der Waals surface area contributed by atoms with E-state index in [1.807, 2.05) is 18.2 Å². The van der Waals surface area contributed by atoms with E-state index in [4.69, 9.17) is 34.8 Å². The first-order valence-electron chi connectivity index (χ1n) is 2.61. The second kappa shape index (κ2) is 8.57. The van der Waals surface area contributed by atoms with Crippen molar-refractivity contribution in [3.8, 4) is 0 Å². The fourth-order valence-corrected chi connectivity index (χ4v) is 0.313. The van der Waals surface area contributed by atoms with Crippen molar-refractivity contribution in [1.29, 1.82) is 0 Å². The lowest BCUT2D eigenvalue weighted by Gasteiger charge is -1.91. The van der Waals surface area contributed by atoms with Crippen LogP contribution in [-0.2, 0) is 0 Å². The third-order valence-electron chi connectivity index (χ3n) is 0.566. The Labute approximate surface area is 105 Å². The van der Waals surface area contributed by atoms with E-state index in [2.05, 4.69) is 20.9 Å². The van der Waals surface area contributed by atoms with Crippen molar-refractivity contribution in [3.63, 3.8) is 0 Å². The van der Waals surface area contributed by atoms with Gasteiger partial charge in [0.2, 0.25) is 2.70 Å². The molecule has 0 saturated carbocycles. The Morgan fingerprint density at radius 2 is 1.33 bits per heavy atom. The normalized spacial score (nSPS) is 9.00. The molecule has 0 fully saturated rings. The van der Waals surface area contributed by atoms with Crippen LogP contribution in [0.4, 0.5) is 0 Å². The molecule has 0 aliphatic carbocycles. The molecule has 12 heavy (non-hydrogen) atoms. The minimum absolute atomic E-state index is 0. The molecule has 0 spiro atoms. The van der Waals surface area contributed by atoms with E-state index in [9.17, 15) is 0 Å². The zero-order chi connectivity index (χ0) is 8.74. The first kappa shape index (κ1) is 15.5. The number of pyridine rings is 1. The summed E-state index contributed by atoms with van der Waals surface area (Å²) in [6.07, 6.45) is 3.50. The van der Waals surface area contributed by atoms with Crippen LogP contribution in [0.15, 0.2) is 30.6 Å². The fourth-order valence-electron chi connectivity index (χ4n) is 0.313. The topological polar surface area (TPSA) is 12.9 Å². The highest BCUT2D eigenvalue weighted by Crippen LogP contribution is 2.32. The Kier molecular flexibility index (Phi) is 11.0. The summed E-state index contributed by atoms with van der Waals surface area (Å²) in [6.45, 7) is 0. The van der Waals surface area contributed by atoms with Gasteiger partial charge in [0.25, 0.3) is 0 Å². The molecule has 0 amide bonds. The number of hydrogen-bond acceptors (Lipinski definition) is 1. The quantitative estimate of drug-likeness (QED) is 0.628. The van der Waals surface area contributed by atoms with Crippen molar-refractivity contribution in [2.24, 2.45) is 0 Å². The summed E-state index contributed by atoms with van der Waals surface area (Å²) >= 11 is 17.6. The zero-order valence-electron chi connectivity index (χ0n) is 5.75. The van der Waals surface area contributed by atoms with Gasteiger partial charge in [0.1, 0.15) is 0 Å². The lowest BCUT2D eigenvalue weighted by Crippen LogP contribution is -1.79.